The summed E-state index contributed by atoms with van der Waals surface area (Å²) in [6, 6.07) is 20.1. The van der Waals surface area contributed by atoms with Crippen molar-refractivity contribution in [3.8, 4) is 5.75 Å². The zero-order valence-electron chi connectivity index (χ0n) is 18.8. The third kappa shape index (κ3) is 3.79. The molecule has 1 aliphatic carbocycles. The second kappa shape index (κ2) is 8.73. The molecule has 1 aliphatic heterocycles. The van der Waals surface area contributed by atoms with Gasteiger partial charge in [-0.05, 0) is 65.9 Å². The van der Waals surface area contributed by atoms with Crippen LogP contribution in [0.4, 0.5) is 4.39 Å². The Hall–Kier alpha value is -3.29. The Morgan fingerprint density at radius 3 is 2.71 bits per heavy atom. The molecule has 0 spiro atoms. The molecule has 0 saturated heterocycles. The molecule has 6 rings (SSSR count). The minimum Gasteiger partial charge on any atom is -0.496 e. The highest BCUT2D eigenvalue weighted by molar-refractivity contribution is 9.10. The lowest BCUT2D eigenvalue weighted by molar-refractivity contribution is 0.413. The van der Waals surface area contributed by atoms with Gasteiger partial charge < -0.3 is 4.74 Å². The van der Waals surface area contributed by atoms with Crippen LogP contribution in [0.15, 0.2) is 86.6 Å². The first-order valence-electron chi connectivity index (χ1n) is 11.3. The summed E-state index contributed by atoms with van der Waals surface area (Å²) in [7, 11) is 1.61. The fraction of sp³-hybridized carbons (Fsp3) is 0.143. The van der Waals surface area contributed by atoms with Crippen molar-refractivity contribution in [2.24, 2.45) is 4.99 Å². The van der Waals surface area contributed by atoms with Crippen molar-refractivity contribution in [1.82, 2.24) is 4.57 Å². The van der Waals surface area contributed by atoms with Crippen LogP contribution >= 0.6 is 27.3 Å². The molecule has 4 aromatic rings. The number of hydrogen-bond donors (Lipinski definition) is 0. The highest BCUT2D eigenvalue weighted by Gasteiger charge is 2.32. The quantitative estimate of drug-likeness (QED) is 0.353. The van der Waals surface area contributed by atoms with Crippen LogP contribution in [-0.4, -0.2) is 11.7 Å². The van der Waals surface area contributed by atoms with Crippen LogP contribution < -0.4 is 19.6 Å². The van der Waals surface area contributed by atoms with Crippen LogP contribution in [0.1, 0.15) is 34.7 Å². The number of aromatic nitrogens is 1. The fourth-order valence-corrected chi connectivity index (χ4v) is 6.30. The van der Waals surface area contributed by atoms with Crippen LogP contribution in [0.3, 0.4) is 0 Å². The number of aryl methyl sites for hydroxylation is 1. The maximum atomic E-state index is 13.8. The van der Waals surface area contributed by atoms with E-state index < -0.39 is 0 Å². The summed E-state index contributed by atoms with van der Waals surface area (Å²) in [5, 5.41) is 0. The normalized spacial score (nSPS) is 16.9. The predicted molar refractivity (Wildman–Crippen MR) is 140 cm³/mol. The van der Waals surface area contributed by atoms with Gasteiger partial charge in [-0.2, -0.15) is 0 Å². The molecule has 0 unspecified atom stereocenters. The van der Waals surface area contributed by atoms with Crippen LogP contribution in [-0.2, 0) is 6.42 Å². The zero-order valence-corrected chi connectivity index (χ0v) is 21.2. The summed E-state index contributed by atoms with van der Waals surface area (Å²) in [4.78, 5) is 19.5. The monoisotopic (exact) mass is 546 g/mol. The van der Waals surface area contributed by atoms with E-state index in [-0.39, 0.29) is 17.4 Å². The molecular formula is C28H20BrFN2O2S. The molecule has 1 aromatic heterocycles. The number of rotatable bonds is 3. The summed E-state index contributed by atoms with van der Waals surface area (Å²) in [5.41, 5.74) is 5.94. The molecule has 174 valence electrons. The molecule has 7 heteroatoms. The lowest BCUT2D eigenvalue weighted by atomic mass is 9.83. The smallest absolute Gasteiger partial charge is 0.271 e. The first-order valence-corrected chi connectivity index (χ1v) is 12.9. The highest BCUT2D eigenvalue weighted by atomic mass is 79.9. The Labute approximate surface area is 213 Å². The first-order chi connectivity index (χ1) is 17.0. The third-order valence-corrected chi connectivity index (χ3v) is 8.01. The van der Waals surface area contributed by atoms with Crippen LogP contribution in [0.5, 0.6) is 5.75 Å². The number of methoxy groups -OCH3 is 1. The molecule has 0 saturated carbocycles. The number of fused-ring (bicyclic) bond motifs is 3. The Bertz CT molecular complexity index is 1690. The van der Waals surface area contributed by atoms with Gasteiger partial charge in [-0.25, -0.2) is 9.38 Å². The molecular weight excluding hydrogens is 527 g/mol. The van der Waals surface area contributed by atoms with Crippen LogP contribution in [0, 0.1) is 5.82 Å². The van der Waals surface area contributed by atoms with Crippen LogP contribution in [0.25, 0.3) is 11.8 Å². The molecule has 1 atom stereocenters. The van der Waals surface area contributed by atoms with E-state index in [1.807, 2.05) is 36.4 Å². The number of allylic oxidation sites excluding steroid dienone is 1. The summed E-state index contributed by atoms with van der Waals surface area (Å²) < 4.78 is 22.5. The van der Waals surface area contributed by atoms with Gasteiger partial charge in [0.25, 0.3) is 5.56 Å². The standard InChI is InChI=1S/C28H20BrFN2O2S/c1-34-23-13-9-19(29)14-18(23)15-24-27(33)32-26(17-6-10-20(30)11-7-17)22-12-8-16-4-2-3-5-21(16)25(22)31-28(32)35-24/h2-7,9-11,13-15,26H,8,12H2,1H3/b24-15+/t26-/m0/s1. The topological polar surface area (TPSA) is 43.6 Å². The molecule has 0 N–H and O–H groups in total. The van der Waals surface area contributed by atoms with Gasteiger partial charge in [0.1, 0.15) is 11.6 Å². The molecule has 0 fully saturated rings. The van der Waals surface area contributed by atoms with Crippen molar-refractivity contribution in [2.75, 3.05) is 7.11 Å². The molecule has 35 heavy (non-hydrogen) atoms. The molecule has 3 aromatic carbocycles. The summed E-state index contributed by atoms with van der Waals surface area (Å²) in [6.07, 6.45) is 3.52. The minimum atomic E-state index is -0.332. The Morgan fingerprint density at radius 1 is 1.11 bits per heavy atom. The zero-order chi connectivity index (χ0) is 24.1. The van der Waals surface area contributed by atoms with Crippen molar-refractivity contribution in [2.45, 2.75) is 18.9 Å². The molecule has 0 radical (unpaired) electrons. The number of thiazole rings is 1. The average Bonchev–Trinajstić information content (AvgIpc) is 3.18. The van der Waals surface area contributed by atoms with Gasteiger partial charge in [0.2, 0.25) is 0 Å². The summed E-state index contributed by atoms with van der Waals surface area (Å²) in [6.45, 7) is 0. The number of nitrogens with zero attached hydrogens (tertiary/aromatic N) is 2. The van der Waals surface area contributed by atoms with Gasteiger partial charge in [-0.3, -0.25) is 9.36 Å². The minimum absolute atomic E-state index is 0.115. The molecule has 0 bridgehead atoms. The maximum Gasteiger partial charge on any atom is 0.271 e. The van der Waals surface area contributed by atoms with E-state index in [2.05, 4.69) is 28.1 Å². The second-order valence-corrected chi connectivity index (χ2v) is 10.5. The average molecular weight is 547 g/mol. The third-order valence-electron chi connectivity index (χ3n) is 6.54. The number of hydrogen-bond acceptors (Lipinski definition) is 4. The fourth-order valence-electron chi connectivity index (χ4n) is 4.93. The van der Waals surface area contributed by atoms with Gasteiger partial charge in [0, 0.05) is 15.6 Å². The first kappa shape index (κ1) is 22.2. The number of halogens is 2. The Balaban J connectivity index is 1.63. The van der Waals surface area contributed by atoms with E-state index in [9.17, 15) is 9.18 Å². The summed E-state index contributed by atoms with van der Waals surface area (Å²) >= 11 is 4.87. The van der Waals surface area contributed by atoms with Gasteiger partial charge in [-0.1, -0.05) is 63.7 Å². The Morgan fingerprint density at radius 2 is 1.91 bits per heavy atom. The molecule has 0 amide bonds. The van der Waals surface area contributed by atoms with E-state index in [0.717, 1.165) is 45.3 Å². The molecule has 2 aliphatic rings. The largest absolute Gasteiger partial charge is 0.496 e. The van der Waals surface area contributed by atoms with E-state index in [4.69, 9.17) is 9.73 Å². The maximum absolute atomic E-state index is 13.8. The van der Waals surface area contributed by atoms with Gasteiger partial charge in [0.15, 0.2) is 4.80 Å². The predicted octanol–water partition coefficient (Wildman–Crippen LogP) is 5.23. The summed E-state index contributed by atoms with van der Waals surface area (Å²) in [5.74, 6) is 0.383. The number of benzene rings is 3. The molecule has 2 heterocycles. The second-order valence-electron chi connectivity index (χ2n) is 8.55. The van der Waals surface area contributed by atoms with Crippen molar-refractivity contribution >= 4 is 39.0 Å². The lowest BCUT2D eigenvalue weighted by Crippen LogP contribution is -2.38. The van der Waals surface area contributed by atoms with Gasteiger partial charge in [0.05, 0.1) is 23.4 Å². The van der Waals surface area contributed by atoms with Crippen molar-refractivity contribution < 1.29 is 9.13 Å². The van der Waals surface area contributed by atoms with Crippen molar-refractivity contribution in [3.63, 3.8) is 0 Å². The SMILES string of the molecule is COc1ccc(Br)cc1/C=c1/sc2n(c1=O)[C@@H](c1ccc(F)cc1)C1=C(N=2)c2ccccc2CC1. The lowest BCUT2D eigenvalue weighted by Gasteiger charge is -2.30. The van der Waals surface area contributed by atoms with E-state index in [0.29, 0.717) is 15.1 Å². The van der Waals surface area contributed by atoms with Crippen LogP contribution in [0.2, 0.25) is 0 Å². The van der Waals surface area contributed by atoms with Gasteiger partial charge >= 0.3 is 0 Å². The highest BCUT2D eigenvalue weighted by Crippen LogP contribution is 2.41. The van der Waals surface area contributed by atoms with E-state index >= 15 is 0 Å². The van der Waals surface area contributed by atoms with E-state index in [1.54, 1.807) is 23.8 Å². The Kier molecular flexibility index (Phi) is 5.54. The number of ether oxygens (including phenoxy) is 1. The molecule has 4 nitrogen and oxygen atoms in total. The van der Waals surface area contributed by atoms with E-state index in [1.165, 1.54) is 29.0 Å². The van der Waals surface area contributed by atoms with Gasteiger partial charge in [-0.15, -0.1) is 0 Å². The van der Waals surface area contributed by atoms with Crippen molar-refractivity contribution in [1.29, 1.82) is 0 Å². The van der Waals surface area contributed by atoms with Crippen molar-refractivity contribution in [3.05, 3.63) is 125 Å².